The van der Waals surface area contributed by atoms with E-state index in [1.54, 1.807) is 0 Å². The van der Waals surface area contributed by atoms with E-state index in [2.05, 4.69) is 12.1 Å². The minimum absolute atomic E-state index is 0.321. The Bertz CT molecular complexity index is 311. The van der Waals surface area contributed by atoms with Crippen LogP contribution in [0.1, 0.15) is 37.2 Å². The number of hydrogen-bond donors (Lipinski definition) is 1. The van der Waals surface area contributed by atoms with Crippen LogP contribution in [0.2, 0.25) is 5.02 Å². The first-order chi connectivity index (χ1) is 6.77. The molecular weight excluding hydrogens is 194 g/mol. The van der Waals surface area contributed by atoms with Gasteiger partial charge in [-0.15, -0.1) is 0 Å². The molecule has 0 spiro atoms. The summed E-state index contributed by atoms with van der Waals surface area (Å²) >= 11 is 5.97. The second-order valence-electron chi connectivity index (χ2n) is 4.11. The molecule has 1 aliphatic rings. The highest BCUT2D eigenvalue weighted by atomic mass is 35.5. The third-order valence-electron chi connectivity index (χ3n) is 3.10. The zero-order valence-electron chi connectivity index (χ0n) is 8.25. The third-order valence-corrected chi connectivity index (χ3v) is 3.33. The lowest BCUT2D eigenvalue weighted by Gasteiger charge is -2.28. The Morgan fingerprint density at radius 3 is 2.71 bits per heavy atom. The van der Waals surface area contributed by atoms with Crippen molar-refractivity contribution < 1.29 is 0 Å². The second-order valence-corrected chi connectivity index (χ2v) is 4.55. The van der Waals surface area contributed by atoms with E-state index in [1.807, 2.05) is 12.1 Å². The highest BCUT2D eigenvalue weighted by Gasteiger charge is 2.23. The molecule has 1 fully saturated rings. The first-order valence-electron chi connectivity index (χ1n) is 5.28. The standard InChI is InChI=1S/C12H16ClN/c13-10-5-3-4-9(8-10)11-6-1-2-7-12(11)14/h3-5,8,11-12H,1-2,6-7,14H2/t11-,12+/m0/s1. The molecule has 0 aromatic heterocycles. The molecule has 2 heteroatoms. The van der Waals surface area contributed by atoms with E-state index in [9.17, 15) is 0 Å². The topological polar surface area (TPSA) is 26.0 Å². The summed E-state index contributed by atoms with van der Waals surface area (Å²) in [5.41, 5.74) is 7.43. The van der Waals surface area contributed by atoms with Crippen molar-refractivity contribution in [3.8, 4) is 0 Å². The van der Waals surface area contributed by atoms with Crippen molar-refractivity contribution >= 4 is 11.6 Å². The largest absolute Gasteiger partial charge is 0.327 e. The van der Waals surface area contributed by atoms with Gasteiger partial charge in [0.1, 0.15) is 0 Å². The van der Waals surface area contributed by atoms with Crippen LogP contribution in [-0.2, 0) is 0 Å². The Labute approximate surface area is 90.3 Å². The summed E-state index contributed by atoms with van der Waals surface area (Å²) in [6.07, 6.45) is 4.93. The van der Waals surface area contributed by atoms with E-state index in [0.717, 1.165) is 11.4 Å². The van der Waals surface area contributed by atoms with Crippen LogP contribution in [0, 0.1) is 0 Å². The van der Waals surface area contributed by atoms with Gasteiger partial charge in [0.05, 0.1) is 0 Å². The molecule has 1 saturated carbocycles. The highest BCUT2D eigenvalue weighted by molar-refractivity contribution is 6.30. The van der Waals surface area contributed by atoms with Gasteiger partial charge in [-0.2, -0.15) is 0 Å². The van der Waals surface area contributed by atoms with E-state index < -0.39 is 0 Å². The van der Waals surface area contributed by atoms with Crippen molar-refractivity contribution in [2.24, 2.45) is 5.73 Å². The maximum atomic E-state index is 6.12. The molecule has 1 aromatic carbocycles. The van der Waals surface area contributed by atoms with Gasteiger partial charge in [-0.25, -0.2) is 0 Å². The molecule has 1 aliphatic carbocycles. The number of halogens is 1. The number of nitrogens with two attached hydrogens (primary N) is 1. The number of rotatable bonds is 1. The Kier molecular flexibility index (Phi) is 3.09. The van der Waals surface area contributed by atoms with Crippen LogP contribution >= 0.6 is 11.6 Å². The van der Waals surface area contributed by atoms with Crippen LogP contribution < -0.4 is 5.73 Å². The summed E-state index contributed by atoms with van der Waals surface area (Å²) < 4.78 is 0. The molecule has 0 aliphatic heterocycles. The quantitative estimate of drug-likeness (QED) is 0.755. The van der Waals surface area contributed by atoms with E-state index in [4.69, 9.17) is 17.3 Å². The summed E-state index contributed by atoms with van der Waals surface area (Å²) in [6, 6.07) is 8.44. The molecule has 0 radical (unpaired) electrons. The first kappa shape index (κ1) is 10.0. The number of hydrogen-bond acceptors (Lipinski definition) is 1. The lowest BCUT2D eigenvalue weighted by molar-refractivity contribution is 0.385. The van der Waals surface area contributed by atoms with E-state index in [-0.39, 0.29) is 0 Å². The Morgan fingerprint density at radius 2 is 2.00 bits per heavy atom. The molecular formula is C12H16ClN. The lowest BCUT2D eigenvalue weighted by atomic mass is 9.80. The first-order valence-corrected chi connectivity index (χ1v) is 5.66. The monoisotopic (exact) mass is 209 g/mol. The van der Waals surface area contributed by atoms with Gasteiger partial charge in [-0.3, -0.25) is 0 Å². The van der Waals surface area contributed by atoms with Gasteiger partial charge in [0, 0.05) is 11.1 Å². The summed E-state index contributed by atoms with van der Waals surface area (Å²) in [6.45, 7) is 0. The maximum Gasteiger partial charge on any atom is 0.0408 e. The van der Waals surface area contributed by atoms with Gasteiger partial charge in [-0.05, 0) is 36.5 Å². The molecule has 0 amide bonds. The van der Waals surface area contributed by atoms with E-state index >= 15 is 0 Å². The molecule has 2 rings (SSSR count). The SMILES string of the molecule is N[C@@H]1CCCC[C@H]1c1cccc(Cl)c1. The fraction of sp³-hybridized carbons (Fsp3) is 0.500. The lowest BCUT2D eigenvalue weighted by Crippen LogP contribution is -2.31. The van der Waals surface area contributed by atoms with Crippen LogP contribution in [0.3, 0.4) is 0 Å². The Hall–Kier alpha value is -0.530. The second kappa shape index (κ2) is 4.33. The normalized spacial score (nSPS) is 27.6. The van der Waals surface area contributed by atoms with Gasteiger partial charge in [-0.1, -0.05) is 36.6 Å². The van der Waals surface area contributed by atoms with Crippen molar-refractivity contribution in [2.45, 2.75) is 37.6 Å². The van der Waals surface area contributed by atoms with Crippen molar-refractivity contribution in [2.75, 3.05) is 0 Å². The minimum Gasteiger partial charge on any atom is -0.327 e. The van der Waals surface area contributed by atoms with Gasteiger partial charge >= 0.3 is 0 Å². The van der Waals surface area contributed by atoms with Gasteiger partial charge in [0.2, 0.25) is 0 Å². The molecule has 0 unspecified atom stereocenters. The minimum atomic E-state index is 0.321. The predicted molar refractivity (Wildman–Crippen MR) is 60.6 cm³/mol. The predicted octanol–water partition coefficient (Wildman–Crippen LogP) is 3.32. The molecule has 0 heterocycles. The summed E-state index contributed by atoms with van der Waals surface area (Å²) in [7, 11) is 0. The van der Waals surface area contributed by atoms with Crippen LogP contribution in [-0.4, -0.2) is 6.04 Å². The zero-order chi connectivity index (χ0) is 9.97. The molecule has 2 N–H and O–H groups in total. The average Bonchev–Trinajstić information content (AvgIpc) is 2.18. The molecule has 14 heavy (non-hydrogen) atoms. The molecule has 1 nitrogen and oxygen atoms in total. The van der Waals surface area contributed by atoms with Gasteiger partial charge in [0.15, 0.2) is 0 Å². The van der Waals surface area contributed by atoms with Crippen LogP contribution in [0.5, 0.6) is 0 Å². The summed E-state index contributed by atoms with van der Waals surface area (Å²) in [5, 5.41) is 0.820. The maximum absolute atomic E-state index is 6.12. The van der Waals surface area contributed by atoms with Gasteiger partial charge < -0.3 is 5.73 Å². The van der Waals surface area contributed by atoms with Crippen LogP contribution in [0.25, 0.3) is 0 Å². The Morgan fingerprint density at radius 1 is 1.21 bits per heavy atom. The van der Waals surface area contributed by atoms with Crippen LogP contribution in [0.15, 0.2) is 24.3 Å². The fourth-order valence-electron chi connectivity index (χ4n) is 2.31. The van der Waals surface area contributed by atoms with Gasteiger partial charge in [0.25, 0.3) is 0 Å². The van der Waals surface area contributed by atoms with E-state index in [1.165, 1.54) is 24.8 Å². The van der Waals surface area contributed by atoms with Crippen molar-refractivity contribution in [1.82, 2.24) is 0 Å². The zero-order valence-corrected chi connectivity index (χ0v) is 9.00. The summed E-state index contributed by atoms with van der Waals surface area (Å²) in [4.78, 5) is 0. The summed E-state index contributed by atoms with van der Waals surface area (Å²) in [5.74, 6) is 0.516. The Balaban J connectivity index is 2.20. The molecule has 2 atom stereocenters. The third kappa shape index (κ3) is 2.10. The van der Waals surface area contributed by atoms with E-state index in [0.29, 0.717) is 12.0 Å². The number of benzene rings is 1. The molecule has 1 aromatic rings. The van der Waals surface area contributed by atoms with Crippen molar-refractivity contribution in [3.63, 3.8) is 0 Å². The van der Waals surface area contributed by atoms with Crippen molar-refractivity contribution in [1.29, 1.82) is 0 Å². The smallest absolute Gasteiger partial charge is 0.0408 e. The highest BCUT2D eigenvalue weighted by Crippen LogP contribution is 2.32. The molecule has 0 saturated heterocycles. The molecule has 76 valence electrons. The fourth-order valence-corrected chi connectivity index (χ4v) is 2.51. The van der Waals surface area contributed by atoms with Crippen LogP contribution in [0.4, 0.5) is 0 Å². The van der Waals surface area contributed by atoms with Crippen molar-refractivity contribution in [3.05, 3.63) is 34.9 Å². The molecule has 0 bridgehead atoms. The average molecular weight is 210 g/mol.